The number of ether oxygens (including phenoxy) is 1. The summed E-state index contributed by atoms with van der Waals surface area (Å²) in [5.41, 5.74) is 0.988. The van der Waals surface area contributed by atoms with Crippen molar-refractivity contribution in [2.75, 3.05) is 20.3 Å². The molecule has 2 atom stereocenters. The predicted molar refractivity (Wildman–Crippen MR) is 108 cm³/mol. The van der Waals surface area contributed by atoms with Gasteiger partial charge in [-0.25, -0.2) is 4.98 Å². The van der Waals surface area contributed by atoms with Gasteiger partial charge in [0.2, 0.25) is 5.91 Å². The van der Waals surface area contributed by atoms with E-state index in [0.29, 0.717) is 29.6 Å². The van der Waals surface area contributed by atoms with Gasteiger partial charge in [0.1, 0.15) is 4.83 Å². The zero-order valence-electron chi connectivity index (χ0n) is 16.0. The quantitative estimate of drug-likeness (QED) is 0.386. The largest absolute Gasteiger partial charge is 0.383 e. The second kappa shape index (κ2) is 9.53. The van der Waals surface area contributed by atoms with E-state index < -0.39 is 0 Å². The predicted octanol–water partition coefficient (Wildman–Crippen LogP) is 3.12. The van der Waals surface area contributed by atoms with Crippen LogP contribution in [0.3, 0.4) is 0 Å². The average Bonchev–Trinajstić information content (AvgIpc) is 2.90. The van der Waals surface area contributed by atoms with E-state index in [2.05, 4.69) is 29.1 Å². The number of rotatable bonds is 9. The van der Waals surface area contributed by atoms with E-state index in [1.54, 1.807) is 25.4 Å². The van der Waals surface area contributed by atoms with Gasteiger partial charge in [0, 0.05) is 18.5 Å². The van der Waals surface area contributed by atoms with E-state index >= 15 is 0 Å². The molecule has 2 rings (SSSR count). The fourth-order valence-corrected chi connectivity index (χ4v) is 4.52. The third kappa shape index (κ3) is 5.08. The Morgan fingerprint density at radius 1 is 1.42 bits per heavy atom. The Morgan fingerprint density at radius 3 is 2.81 bits per heavy atom. The number of hydrogen-bond acceptors (Lipinski definition) is 6. The lowest BCUT2D eigenvalue weighted by atomic mass is 9.98. The second-order valence-corrected chi connectivity index (χ2v) is 8.98. The fourth-order valence-electron chi connectivity index (χ4n) is 2.59. The number of thioether (sulfide) groups is 1. The van der Waals surface area contributed by atoms with Gasteiger partial charge in [-0.3, -0.25) is 9.59 Å². The molecule has 1 amide bonds. The number of thiophene rings is 1. The molecule has 26 heavy (non-hydrogen) atoms. The zero-order chi connectivity index (χ0) is 19.3. The van der Waals surface area contributed by atoms with Gasteiger partial charge in [-0.15, -0.1) is 11.3 Å². The molecule has 0 saturated carbocycles. The summed E-state index contributed by atoms with van der Waals surface area (Å²) in [6, 6.07) is 0. The van der Waals surface area contributed by atoms with Crippen molar-refractivity contribution in [3.63, 3.8) is 0 Å². The van der Waals surface area contributed by atoms with E-state index in [4.69, 9.17) is 4.74 Å². The summed E-state index contributed by atoms with van der Waals surface area (Å²) in [5.74, 6) is 0.422. The Balaban J connectivity index is 2.21. The van der Waals surface area contributed by atoms with Gasteiger partial charge in [0.25, 0.3) is 5.56 Å². The highest BCUT2D eigenvalue weighted by Crippen LogP contribution is 2.31. The number of aromatic amines is 1. The molecule has 2 N–H and O–H groups in total. The number of aromatic nitrogens is 2. The molecule has 0 aromatic carbocycles. The maximum atomic E-state index is 12.6. The summed E-state index contributed by atoms with van der Waals surface area (Å²) in [6.07, 6.45) is 1.96. The molecule has 2 aromatic rings. The van der Waals surface area contributed by atoms with Crippen LogP contribution in [0.25, 0.3) is 10.2 Å². The molecule has 0 aliphatic heterocycles. The number of nitrogens with zero attached hydrogens (tertiary/aromatic N) is 1. The van der Waals surface area contributed by atoms with E-state index in [1.165, 1.54) is 11.8 Å². The molecule has 0 unspecified atom stereocenters. The Hall–Kier alpha value is -1.38. The van der Waals surface area contributed by atoms with Crippen molar-refractivity contribution in [2.45, 2.75) is 50.9 Å². The Kier molecular flexibility index (Phi) is 7.67. The van der Waals surface area contributed by atoms with Crippen molar-refractivity contribution in [1.29, 1.82) is 0 Å². The first-order chi connectivity index (χ1) is 12.4. The van der Waals surface area contributed by atoms with Crippen LogP contribution in [0, 0.1) is 12.8 Å². The summed E-state index contributed by atoms with van der Waals surface area (Å²) in [5, 5.41) is 3.62. The molecular formula is C18H27N3O3S2. The smallest absolute Gasteiger partial charge is 0.260 e. The van der Waals surface area contributed by atoms with Crippen LogP contribution in [-0.2, 0) is 16.0 Å². The molecule has 0 fully saturated rings. The maximum absolute atomic E-state index is 12.6. The topological polar surface area (TPSA) is 84.1 Å². The van der Waals surface area contributed by atoms with Gasteiger partial charge < -0.3 is 15.0 Å². The maximum Gasteiger partial charge on any atom is 0.260 e. The molecule has 0 bridgehead atoms. The first kappa shape index (κ1) is 20.9. The van der Waals surface area contributed by atoms with Crippen molar-refractivity contribution in [3.8, 4) is 0 Å². The highest BCUT2D eigenvalue weighted by molar-refractivity contribution is 8.00. The van der Waals surface area contributed by atoms with Crippen molar-refractivity contribution in [3.05, 3.63) is 20.8 Å². The van der Waals surface area contributed by atoms with Crippen LogP contribution in [0.4, 0.5) is 0 Å². The third-order valence-electron chi connectivity index (χ3n) is 4.35. The van der Waals surface area contributed by atoms with Crippen molar-refractivity contribution >= 4 is 39.2 Å². The number of fused-ring (bicyclic) bond motifs is 1. The van der Waals surface area contributed by atoms with Crippen molar-refractivity contribution < 1.29 is 9.53 Å². The lowest BCUT2D eigenvalue weighted by Gasteiger charge is -2.11. The van der Waals surface area contributed by atoms with Crippen LogP contribution < -0.4 is 10.9 Å². The highest BCUT2D eigenvalue weighted by Gasteiger charge is 2.19. The number of H-pyrrole nitrogens is 1. The number of carbonyl (C=O) groups is 1. The van der Waals surface area contributed by atoms with Gasteiger partial charge in [-0.1, -0.05) is 32.0 Å². The molecule has 0 spiro atoms. The van der Waals surface area contributed by atoms with Gasteiger partial charge in [-0.2, -0.15) is 0 Å². The molecule has 2 heterocycles. The van der Waals surface area contributed by atoms with Gasteiger partial charge in [0.15, 0.2) is 5.16 Å². The normalized spacial score (nSPS) is 13.7. The Bertz CT molecular complexity index is 816. The average molecular weight is 398 g/mol. The lowest BCUT2D eigenvalue weighted by Crippen LogP contribution is -2.33. The van der Waals surface area contributed by atoms with E-state index in [1.807, 2.05) is 6.92 Å². The molecular weight excluding hydrogens is 370 g/mol. The van der Waals surface area contributed by atoms with Crippen molar-refractivity contribution in [1.82, 2.24) is 15.3 Å². The van der Waals surface area contributed by atoms with E-state index in [9.17, 15) is 9.59 Å². The molecule has 8 heteroatoms. The summed E-state index contributed by atoms with van der Waals surface area (Å²) >= 11 is 2.81. The van der Waals surface area contributed by atoms with Gasteiger partial charge >= 0.3 is 0 Å². The van der Waals surface area contributed by atoms with Crippen LogP contribution in [0.1, 0.15) is 37.6 Å². The van der Waals surface area contributed by atoms with Crippen LogP contribution in [0.5, 0.6) is 0 Å². The monoisotopic (exact) mass is 397 g/mol. The number of nitrogens with one attached hydrogen (secondary N) is 2. The minimum absolute atomic E-state index is 0.102. The summed E-state index contributed by atoms with van der Waals surface area (Å²) < 4.78 is 4.92. The molecule has 144 valence electrons. The molecule has 0 aliphatic rings. The molecule has 0 saturated heterocycles. The minimum Gasteiger partial charge on any atom is -0.383 e. The van der Waals surface area contributed by atoms with Crippen LogP contribution in [-0.4, -0.2) is 41.4 Å². The standard InChI is InChI=1S/C18H27N3O3S2/c1-6-10(2)9-13-11(3)25-17-14(13)16(23)20-18(21-17)26-12(4)15(22)19-7-8-24-5/h10,12H,6-9H2,1-5H3,(H,19,22)(H,20,21,23)/t10-,12-/m1/s1. The fraction of sp³-hybridized carbons (Fsp3) is 0.611. The zero-order valence-corrected chi connectivity index (χ0v) is 17.6. The Morgan fingerprint density at radius 2 is 2.15 bits per heavy atom. The molecule has 6 nitrogen and oxygen atoms in total. The van der Waals surface area contributed by atoms with E-state index in [0.717, 1.165) is 28.1 Å². The third-order valence-corrected chi connectivity index (χ3v) is 6.38. The second-order valence-electron chi connectivity index (χ2n) is 6.45. The lowest BCUT2D eigenvalue weighted by molar-refractivity contribution is -0.120. The minimum atomic E-state index is -0.354. The summed E-state index contributed by atoms with van der Waals surface area (Å²) in [6.45, 7) is 9.13. The Labute approximate surface area is 162 Å². The first-order valence-electron chi connectivity index (χ1n) is 8.82. The van der Waals surface area contributed by atoms with E-state index in [-0.39, 0.29) is 16.7 Å². The molecule has 0 aliphatic carbocycles. The van der Waals surface area contributed by atoms with Gasteiger partial charge in [-0.05, 0) is 31.7 Å². The molecule has 2 aromatic heterocycles. The number of carbonyl (C=O) groups excluding carboxylic acids is 1. The van der Waals surface area contributed by atoms with Crippen LogP contribution in [0.15, 0.2) is 9.95 Å². The first-order valence-corrected chi connectivity index (χ1v) is 10.5. The number of hydrogen-bond donors (Lipinski definition) is 2. The molecule has 0 radical (unpaired) electrons. The summed E-state index contributed by atoms with van der Waals surface area (Å²) in [4.78, 5) is 34.1. The van der Waals surface area contributed by atoms with Crippen LogP contribution in [0.2, 0.25) is 0 Å². The number of amides is 1. The highest BCUT2D eigenvalue weighted by atomic mass is 32.2. The SMILES string of the molecule is CC[C@@H](C)Cc1c(C)sc2nc(S[C@H](C)C(=O)NCCOC)[nH]c(=O)c12. The number of aryl methyl sites for hydroxylation is 1. The van der Waals surface area contributed by atoms with Crippen LogP contribution >= 0.6 is 23.1 Å². The number of methoxy groups -OCH3 is 1. The summed E-state index contributed by atoms with van der Waals surface area (Å²) in [7, 11) is 1.59. The van der Waals surface area contributed by atoms with Gasteiger partial charge in [0.05, 0.1) is 17.2 Å². The van der Waals surface area contributed by atoms with Crippen molar-refractivity contribution in [2.24, 2.45) is 5.92 Å².